The van der Waals surface area contributed by atoms with Crippen LogP contribution >= 0.6 is 0 Å². The van der Waals surface area contributed by atoms with Crippen LogP contribution in [0.25, 0.3) is 11.3 Å². The quantitative estimate of drug-likeness (QED) is 0.732. The molecule has 2 aromatic carbocycles. The van der Waals surface area contributed by atoms with Gasteiger partial charge in [0.05, 0.1) is 31.9 Å². The van der Waals surface area contributed by atoms with E-state index >= 15 is 0 Å². The third-order valence-corrected chi connectivity index (χ3v) is 3.78. The van der Waals surface area contributed by atoms with Crippen LogP contribution in [0.2, 0.25) is 0 Å². The van der Waals surface area contributed by atoms with Crippen molar-refractivity contribution >= 4 is 5.91 Å². The van der Waals surface area contributed by atoms with Gasteiger partial charge < -0.3 is 19.3 Å². The van der Waals surface area contributed by atoms with Gasteiger partial charge in [0.1, 0.15) is 11.5 Å². The van der Waals surface area contributed by atoms with E-state index in [2.05, 4.69) is 10.5 Å². The lowest BCUT2D eigenvalue weighted by Gasteiger charge is -2.12. The van der Waals surface area contributed by atoms with Crippen LogP contribution in [0.15, 0.2) is 53.1 Å². The predicted molar refractivity (Wildman–Crippen MR) is 92.6 cm³/mol. The predicted octanol–water partition coefficient (Wildman–Crippen LogP) is 3.43. The molecule has 6 nitrogen and oxygen atoms in total. The molecule has 3 aromatic rings. The first kappa shape index (κ1) is 17.5. The molecule has 1 amide bonds. The molecule has 0 aliphatic heterocycles. The van der Waals surface area contributed by atoms with Crippen LogP contribution in [0.5, 0.6) is 11.5 Å². The zero-order chi connectivity index (χ0) is 18.5. The number of halogens is 1. The highest BCUT2D eigenvalue weighted by atomic mass is 19.1. The molecule has 134 valence electrons. The summed E-state index contributed by atoms with van der Waals surface area (Å²) in [4.78, 5) is 12.4. The van der Waals surface area contributed by atoms with Crippen molar-refractivity contribution in [2.45, 2.75) is 6.54 Å². The molecular weight excluding hydrogens is 339 g/mol. The number of benzene rings is 2. The van der Waals surface area contributed by atoms with E-state index in [1.807, 2.05) is 0 Å². The molecule has 0 atom stereocenters. The fraction of sp³-hybridized carbons (Fsp3) is 0.158. The molecule has 1 N–H and O–H groups in total. The molecule has 0 saturated heterocycles. The average molecular weight is 356 g/mol. The van der Waals surface area contributed by atoms with Gasteiger partial charge in [0.25, 0.3) is 5.91 Å². The average Bonchev–Trinajstić information content (AvgIpc) is 3.14. The van der Waals surface area contributed by atoms with Gasteiger partial charge in [0.15, 0.2) is 17.3 Å². The van der Waals surface area contributed by atoms with Gasteiger partial charge in [0.2, 0.25) is 0 Å². The van der Waals surface area contributed by atoms with E-state index in [0.29, 0.717) is 34.1 Å². The first-order valence-corrected chi connectivity index (χ1v) is 7.83. The van der Waals surface area contributed by atoms with Crippen molar-refractivity contribution in [1.29, 1.82) is 0 Å². The molecule has 0 aliphatic carbocycles. The number of nitrogens with zero attached hydrogens (tertiary/aromatic N) is 1. The summed E-state index contributed by atoms with van der Waals surface area (Å²) >= 11 is 0. The van der Waals surface area contributed by atoms with Crippen molar-refractivity contribution in [3.05, 3.63) is 65.6 Å². The van der Waals surface area contributed by atoms with Gasteiger partial charge in [-0.15, -0.1) is 0 Å². The van der Waals surface area contributed by atoms with Crippen molar-refractivity contribution in [3.63, 3.8) is 0 Å². The van der Waals surface area contributed by atoms with Gasteiger partial charge in [-0.3, -0.25) is 4.79 Å². The van der Waals surface area contributed by atoms with Gasteiger partial charge in [-0.25, -0.2) is 4.39 Å². The van der Waals surface area contributed by atoms with Crippen LogP contribution < -0.4 is 14.8 Å². The summed E-state index contributed by atoms with van der Waals surface area (Å²) in [6.07, 6.45) is 0. The molecule has 0 aliphatic rings. The van der Waals surface area contributed by atoms with Crippen molar-refractivity contribution < 1.29 is 23.2 Å². The Bertz CT molecular complexity index is 923. The van der Waals surface area contributed by atoms with Crippen molar-refractivity contribution in [3.8, 4) is 22.8 Å². The molecule has 26 heavy (non-hydrogen) atoms. The highest BCUT2D eigenvalue weighted by Crippen LogP contribution is 2.30. The van der Waals surface area contributed by atoms with Gasteiger partial charge >= 0.3 is 0 Å². The van der Waals surface area contributed by atoms with E-state index in [1.54, 1.807) is 42.5 Å². The SMILES string of the molecule is COc1cccc(C(=O)NCc2cc(-c3ccccc3F)on2)c1OC. The zero-order valence-corrected chi connectivity index (χ0v) is 14.3. The number of hydrogen-bond donors (Lipinski definition) is 1. The number of methoxy groups -OCH3 is 2. The highest BCUT2D eigenvalue weighted by Gasteiger charge is 2.17. The van der Waals surface area contributed by atoms with E-state index in [9.17, 15) is 9.18 Å². The second kappa shape index (κ2) is 7.69. The second-order valence-corrected chi connectivity index (χ2v) is 5.39. The van der Waals surface area contributed by atoms with E-state index in [-0.39, 0.29) is 12.5 Å². The van der Waals surface area contributed by atoms with Crippen LogP contribution in [0.1, 0.15) is 16.1 Å². The van der Waals surface area contributed by atoms with Crippen molar-refractivity contribution in [2.24, 2.45) is 0 Å². The fourth-order valence-electron chi connectivity index (χ4n) is 2.52. The summed E-state index contributed by atoms with van der Waals surface area (Å²) in [5.74, 6) is 0.353. The molecule has 7 heteroatoms. The van der Waals surface area contributed by atoms with Crippen LogP contribution in [0.3, 0.4) is 0 Å². The Labute approximate surface area is 149 Å². The molecule has 3 rings (SSSR count). The number of para-hydroxylation sites is 1. The van der Waals surface area contributed by atoms with Gasteiger partial charge in [-0.05, 0) is 24.3 Å². The summed E-state index contributed by atoms with van der Waals surface area (Å²) in [5, 5.41) is 6.59. The van der Waals surface area contributed by atoms with Gasteiger partial charge in [0, 0.05) is 6.07 Å². The van der Waals surface area contributed by atoms with E-state index in [1.165, 1.54) is 20.3 Å². The number of ether oxygens (including phenoxy) is 2. The first-order valence-electron chi connectivity index (χ1n) is 7.83. The Hall–Kier alpha value is -3.35. The topological polar surface area (TPSA) is 73.6 Å². The molecule has 0 unspecified atom stereocenters. The highest BCUT2D eigenvalue weighted by molar-refractivity contribution is 5.97. The molecule has 0 saturated carbocycles. The molecule has 0 radical (unpaired) electrons. The lowest BCUT2D eigenvalue weighted by Crippen LogP contribution is -2.23. The minimum Gasteiger partial charge on any atom is -0.493 e. The Kier molecular flexibility index (Phi) is 5.17. The minimum absolute atomic E-state index is 0.122. The lowest BCUT2D eigenvalue weighted by atomic mass is 10.1. The summed E-state index contributed by atoms with van der Waals surface area (Å²) in [6, 6.07) is 12.9. The molecule has 0 fully saturated rings. The Morgan fingerprint density at radius 3 is 2.69 bits per heavy atom. The van der Waals surface area contributed by atoms with Gasteiger partial charge in [-0.1, -0.05) is 23.4 Å². The molecule has 0 bridgehead atoms. The molecule has 0 spiro atoms. The summed E-state index contributed by atoms with van der Waals surface area (Å²) in [6.45, 7) is 0.122. The zero-order valence-electron chi connectivity index (χ0n) is 14.3. The maximum absolute atomic E-state index is 13.8. The third kappa shape index (κ3) is 3.51. The van der Waals surface area contributed by atoms with Crippen molar-refractivity contribution in [2.75, 3.05) is 14.2 Å². The van der Waals surface area contributed by atoms with Crippen LogP contribution in [0.4, 0.5) is 4.39 Å². The van der Waals surface area contributed by atoms with Crippen molar-refractivity contribution in [1.82, 2.24) is 10.5 Å². The number of amides is 1. The lowest BCUT2D eigenvalue weighted by molar-refractivity contribution is 0.0946. The monoisotopic (exact) mass is 356 g/mol. The van der Waals surface area contributed by atoms with Crippen LogP contribution in [-0.2, 0) is 6.54 Å². The Balaban J connectivity index is 1.72. The smallest absolute Gasteiger partial charge is 0.255 e. The standard InChI is InChI=1S/C19H17FN2O4/c1-24-16-9-5-7-14(18(16)25-2)19(23)21-11-12-10-17(26-22-12)13-6-3-4-8-15(13)20/h3-10H,11H2,1-2H3,(H,21,23). The maximum atomic E-state index is 13.8. The fourth-order valence-corrected chi connectivity index (χ4v) is 2.52. The molecule has 1 aromatic heterocycles. The van der Waals surface area contributed by atoms with Crippen LogP contribution in [0, 0.1) is 5.82 Å². The number of hydrogen-bond acceptors (Lipinski definition) is 5. The van der Waals surface area contributed by atoms with E-state index in [0.717, 1.165) is 0 Å². The van der Waals surface area contributed by atoms with Crippen LogP contribution in [-0.4, -0.2) is 25.3 Å². The minimum atomic E-state index is -0.402. The first-order chi connectivity index (χ1) is 12.6. The molecular formula is C19H17FN2O4. The number of rotatable bonds is 6. The number of carbonyl (C=O) groups excluding carboxylic acids is 1. The number of aromatic nitrogens is 1. The summed E-state index contributed by atoms with van der Waals surface area (Å²) < 4.78 is 29.4. The van der Waals surface area contributed by atoms with E-state index in [4.69, 9.17) is 14.0 Å². The largest absolute Gasteiger partial charge is 0.493 e. The number of carbonyl (C=O) groups is 1. The summed E-state index contributed by atoms with van der Waals surface area (Å²) in [5.41, 5.74) is 1.12. The van der Waals surface area contributed by atoms with E-state index < -0.39 is 5.82 Å². The Morgan fingerprint density at radius 2 is 1.96 bits per heavy atom. The Morgan fingerprint density at radius 1 is 1.15 bits per heavy atom. The normalized spacial score (nSPS) is 10.4. The molecule has 1 heterocycles. The third-order valence-electron chi connectivity index (χ3n) is 3.78. The second-order valence-electron chi connectivity index (χ2n) is 5.39. The summed E-state index contributed by atoms with van der Waals surface area (Å²) in [7, 11) is 2.96. The van der Waals surface area contributed by atoms with Gasteiger partial charge in [-0.2, -0.15) is 0 Å². The number of nitrogens with one attached hydrogen (secondary N) is 1. The maximum Gasteiger partial charge on any atom is 0.255 e.